The summed E-state index contributed by atoms with van der Waals surface area (Å²) in [7, 11) is 0.491. The van der Waals surface area contributed by atoms with Gasteiger partial charge in [-0.25, -0.2) is 0 Å². The summed E-state index contributed by atoms with van der Waals surface area (Å²) in [5.41, 5.74) is 2.22. The summed E-state index contributed by atoms with van der Waals surface area (Å²) in [6.45, 7) is 16.2. The smallest absolute Gasteiger partial charge is 0.349 e. The van der Waals surface area contributed by atoms with Gasteiger partial charge in [0.2, 0.25) is 5.91 Å². The number of piperidine rings is 1. The number of alkyl halides is 3. The van der Waals surface area contributed by atoms with Crippen LogP contribution in [-0.2, 0) is 25.8 Å². The maximum Gasteiger partial charge on any atom is 0.405 e. The van der Waals surface area contributed by atoms with Gasteiger partial charge < -0.3 is 15.5 Å². The van der Waals surface area contributed by atoms with Gasteiger partial charge in [-0.05, 0) is 88.3 Å². The fourth-order valence-corrected chi connectivity index (χ4v) is 9.29. The van der Waals surface area contributed by atoms with E-state index in [1.165, 1.54) is 11.8 Å². The summed E-state index contributed by atoms with van der Waals surface area (Å²) in [5.74, 6) is 0.0860. The van der Waals surface area contributed by atoms with Crippen LogP contribution in [0.3, 0.4) is 0 Å². The molecule has 1 aliphatic heterocycles. The molecule has 12 heteroatoms. The third-order valence-electron chi connectivity index (χ3n) is 9.59. The largest absolute Gasteiger partial charge is 0.405 e. The number of carbonyl (C=O) groups is 2. The number of thioether (sulfide) groups is 1. The maximum absolute atomic E-state index is 14.0. The number of likely N-dealkylation sites (tertiary alicyclic amines) is 1. The Morgan fingerprint density at radius 3 is 2.09 bits per heavy atom. The molecule has 0 spiro atoms. The molecule has 308 valence electrons. The number of benzene rings is 2. The molecule has 1 saturated heterocycles. The van der Waals surface area contributed by atoms with Crippen LogP contribution < -0.4 is 10.6 Å². The first-order valence-corrected chi connectivity index (χ1v) is 21.7. The standard InChI is InChI=1S/C42H55F3N4O3S2.C2H6/c1-7-16-34(9-3)54(52)29-28-53-39(46-6)35(17-8-2)38(50)48-33-22-26-49(27-23-33)25-15-14-24-41(36-20-12-10-18-31(36)4,37-21-13-11-19-32(37)5)40(51)47-30-42(43,44)45;1-2/h7-13,16-21,33H,2,14-15,22-30H2,1,3-6H3,(H,47,51)(H,48,50);1-2H3/b16-7-,34-9+,35-17-,46-39?;. The van der Waals surface area contributed by atoms with E-state index in [9.17, 15) is 27.0 Å². The Balaban J connectivity index is 0.00000532. The van der Waals surface area contributed by atoms with E-state index in [-0.39, 0.29) is 11.9 Å². The fraction of sp³-hybridized carbons (Fsp3) is 0.477. The van der Waals surface area contributed by atoms with Gasteiger partial charge in [0.25, 0.3) is 5.91 Å². The minimum atomic E-state index is -4.54. The molecule has 7 nitrogen and oxygen atoms in total. The molecule has 56 heavy (non-hydrogen) atoms. The van der Waals surface area contributed by atoms with Crippen LogP contribution in [0, 0.1) is 13.8 Å². The first-order valence-electron chi connectivity index (χ1n) is 19.4. The van der Waals surface area contributed by atoms with Crippen LogP contribution in [0.15, 0.2) is 101 Å². The first-order chi connectivity index (χ1) is 26.8. The second-order valence-corrected chi connectivity index (χ2v) is 16.0. The van der Waals surface area contributed by atoms with E-state index in [0.29, 0.717) is 46.1 Å². The average molecular weight is 815 g/mol. The van der Waals surface area contributed by atoms with Crippen molar-refractivity contribution in [1.82, 2.24) is 15.5 Å². The number of allylic oxidation sites excluding steroid dienone is 5. The molecule has 2 aromatic carbocycles. The van der Waals surface area contributed by atoms with Crippen molar-refractivity contribution in [1.29, 1.82) is 0 Å². The molecule has 2 aromatic rings. The molecule has 1 aliphatic rings. The number of nitrogens with one attached hydrogen (secondary N) is 2. The predicted molar refractivity (Wildman–Crippen MR) is 231 cm³/mol. The SMILES string of the molecule is C=C/C=C(/C(=O)NC1CCN(CCCCC(C(=O)NCC(F)(F)F)(c2ccccc2C)c2ccccc2C)CC1)C(=NC)SCCS(=O)C(/C=C\C)=C/C.CC. The highest BCUT2D eigenvalue weighted by atomic mass is 32.2. The maximum atomic E-state index is 14.0. The van der Waals surface area contributed by atoms with Crippen molar-refractivity contribution in [2.24, 2.45) is 4.99 Å². The van der Waals surface area contributed by atoms with Crippen LogP contribution >= 0.6 is 11.8 Å². The number of aliphatic imine (C=N–C) groups is 1. The normalized spacial score (nSPS) is 15.6. The molecule has 1 fully saturated rings. The van der Waals surface area contributed by atoms with E-state index >= 15 is 0 Å². The van der Waals surface area contributed by atoms with Gasteiger partial charge in [0.15, 0.2) is 0 Å². The summed E-state index contributed by atoms with van der Waals surface area (Å²) in [5, 5.41) is 5.97. The molecule has 0 radical (unpaired) electrons. The van der Waals surface area contributed by atoms with Gasteiger partial charge >= 0.3 is 6.18 Å². The van der Waals surface area contributed by atoms with E-state index < -0.39 is 34.8 Å². The molecule has 0 aliphatic carbocycles. The molecule has 2 amide bonds. The van der Waals surface area contributed by atoms with Gasteiger partial charge in [0, 0.05) is 42.6 Å². The van der Waals surface area contributed by atoms with Crippen LogP contribution in [0.1, 0.15) is 82.1 Å². The first kappa shape index (κ1) is 48.4. The lowest BCUT2D eigenvalue weighted by Crippen LogP contribution is -2.49. The fourth-order valence-electron chi connectivity index (χ4n) is 6.92. The number of halogens is 3. The van der Waals surface area contributed by atoms with Gasteiger partial charge in [0.05, 0.1) is 21.8 Å². The van der Waals surface area contributed by atoms with Crippen molar-refractivity contribution >= 4 is 39.4 Å². The summed E-state index contributed by atoms with van der Waals surface area (Å²) >= 11 is 1.40. The van der Waals surface area contributed by atoms with Crippen LogP contribution in [0.2, 0.25) is 0 Å². The zero-order valence-corrected chi connectivity index (χ0v) is 35.8. The molecular weight excluding hydrogens is 754 g/mol. The van der Waals surface area contributed by atoms with Crippen LogP contribution in [0.25, 0.3) is 0 Å². The highest BCUT2D eigenvalue weighted by Gasteiger charge is 2.44. The van der Waals surface area contributed by atoms with Crippen molar-refractivity contribution < 1.29 is 27.0 Å². The number of unbranched alkanes of at least 4 members (excludes halogenated alkanes) is 1. The lowest BCUT2D eigenvalue weighted by atomic mass is 9.67. The quantitative estimate of drug-likeness (QED) is 0.0516. The van der Waals surface area contributed by atoms with Crippen LogP contribution in [0.4, 0.5) is 13.2 Å². The van der Waals surface area contributed by atoms with Crippen molar-refractivity contribution in [3.63, 3.8) is 0 Å². The molecular formula is C44H61F3N4O3S2. The molecule has 0 bridgehead atoms. The summed E-state index contributed by atoms with van der Waals surface area (Å²) < 4.78 is 52.7. The number of nitrogens with zero attached hydrogens (tertiary/aromatic N) is 2. The van der Waals surface area contributed by atoms with E-state index in [1.807, 2.05) is 108 Å². The van der Waals surface area contributed by atoms with E-state index in [0.717, 1.165) is 54.9 Å². The van der Waals surface area contributed by atoms with E-state index in [1.54, 1.807) is 19.2 Å². The molecule has 1 unspecified atom stereocenters. The van der Waals surface area contributed by atoms with Crippen molar-refractivity contribution in [2.75, 3.05) is 44.7 Å². The van der Waals surface area contributed by atoms with Crippen molar-refractivity contribution in [3.8, 4) is 0 Å². The van der Waals surface area contributed by atoms with E-state index in [4.69, 9.17) is 0 Å². The van der Waals surface area contributed by atoms with Gasteiger partial charge in [-0.15, -0.1) is 11.8 Å². The summed E-state index contributed by atoms with van der Waals surface area (Å²) in [6, 6.07) is 14.9. The Morgan fingerprint density at radius 2 is 1.59 bits per heavy atom. The Morgan fingerprint density at radius 1 is 1.00 bits per heavy atom. The topological polar surface area (TPSA) is 90.9 Å². The zero-order valence-electron chi connectivity index (χ0n) is 34.1. The third kappa shape index (κ3) is 14.3. The summed E-state index contributed by atoms with van der Waals surface area (Å²) in [6.07, 6.45) is 7.45. The lowest BCUT2D eigenvalue weighted by Gasteiger charge is -2.37. The number of rotatable bonds is 18. The molecule has 0 aromatic heterocycles. The van der Waals surface area contributed by atoms with Crippen LogP contribution in [0.5, 0.6) is 0 Å². The van der Waals surface area contributed by atoms with E-state index in [2.05, 4.69) is 27.1 Å². The Kier molecular flexibility index (Phi) is 21.4. The van der Waals surface area contributed by atoms with Gasteiger partial charge in [-0.2, -0.15) is 13.2 Å². The lowest BCUT2D eigenvalue weighted by molar-refractivity contribution is -0.141. The Hall–Kier alpha value is -3.74. The third-order valence-corrected chi connectivity index (χ3v) is 12.4. The Bertz CT molecular complexity index is 1680. The highest BCUT2D eigenvalue weighted by molar-refractivity contribution is 8.15. The highest BCUT2D eigenvalue weighted by Crippen LogP contribution is 2.41. The summed E-state index contributed by atoms with van der Waals surface area (Å²) in [4.78, 5) is 34.9. The number of amides is 2. The molecule has 1 atom stereocenters. The average Bonchev–Trinajstić information content (AvgIpc) is 3.19. The minimum Gasteiger partial charge on any atom is -0.349 e. The van der Waals surface area contributed by atoms with Crippen molar-refractivity contribution in [2.45, 2.75) is 91.3 Å². The monoisotopic (exact) mass is 814 g/mol. The molecule has 2 N–H and O–H groups in total. The number of hydrogen-bond donors (Lipinski definition) is 2. The van der Waals surface area contributed by atoms with Crippen molar-refractivity contribution in [3.05, 3.63) is 118 Å². The Labute approximate surface area is 339 Å². The second kappa shape index (κ2) is 24.8. The number of aryl methyl sites for hydroxylation is 2. The van der Waals surface area contributed by atoms with Crippen LogP contribution in [-0.4, -0.2) is 82.9 Å². The minimum absolute atomic E-state index is 0.0252. The van der Waals surface area contributed by atoms with Gasteiger partial charge in [-0.1, -0.05) is 99.7 Å². The second-order valence-electron chi connectivity index (χ2n) is 13.3. The van der Waals surface area contributed by atoms with Gasteiger partial charge in [0.1, 0.15) is 11.6 Å². The number of carbonyl (C=O) groups excluding carboxylic acids is 2. The molecule has 0 saturated carbocycles. The molecule has 3 rings (SSSR count). The zero-order chi connectivity index (χ0) is 41.7. The molecule has 1 heterocycles. The predicted octanol–water partition coefficient (Wildman–Crippen LogP) is 9.15. The number of hydrogen-bond acceptors (Lipinski definition) is 6. The van der Waals surface area contributed by atoms with Gasteiger partial charge in [-0.3, -0.25) is 18.8 Å².